The summed E-state index contributed by atoms with van der Waals surface area (Å²) in [6.07, 6.45) is 1.50. The Morgan fingerprint density at radius 2 is 2.40 bits per heavy atom. The molecule has 0 fully saturated rings. The highest BCUT2D eigenvalue weighted by atomic mass is 16.5. The van der Waals surface area contributed by atoms with E-state index < -0.39 is 0 Å². The molecule has 1 N–H and O–H groups in total. The lowest BCUT2D eigenvalue weighted by atomic mass is 10.2. The van der Waals surface area contributed by atoms with E-state index in [-0.39, 0.29) is 11.4 Å². The number of ether oxygens (including phenoxy) is 1. The van der Waals surface area contributed by atoms with Gasteiger partial charge in [-0.1, -0.05) is 6.57 Å². The van der Waals surface area contributed by atoms with E-state index in [1.54, 1.807) is 6.07 Å². The minimum Gasteiger partial charge on any atom is -0.506 e. The molecule has 5 heteroatoms. The van der Waals surface area contributed by atoms with Crippen molar-refractivity contribution in [3.63, 3.8) is 0 Å². The van der Waals surface area contributed by atoms with Gasteiger partial charge in [0.15, 0.2) is 5.52 Å². The molecule has 0 atom stereocenters. The summed E-state index contributed by atoms with van der Waals surface area (Å²) in [5, 5.41) is 0.418. The number of aromatic nitrogens is 2. The van der Waals surface area contributed by atoms with Crippen LogP contribution < -0.4 is 10.3 Å². The van der Waals surface area contributed by atoms with Crippen LogP contribution in [0.5, 0.6) is 5.75 Å². The number of aromatic amines is 1. The summed E-state index contributed by atoms with van der Waals surface area (Å²) in [6.45, 7) is 6.91. The zero-order valence-corrected chi connectivity index (χ0v) is 7.94. The van der Waals surface area contributed by atoms with Gasteiger partial charge in [-0.05, 0) is 6.07 Å². The van der Waals surface area contributed by atoms with Gasteiger partial charge in [0, 0.05) is 12.3 Å². The molecular formula is C10H7N3O2. The zero-order chi connectivity index (χ0) is 10.8. The van der Waals surface area contributed by atoms with Crippen molar-refractivity contribution in [2.45, 2.75) is 0 Å². The van der Waals surface area contributed by atoms with Crippen molar-refractivity contribution >= 4 is 16.7 Å². The fraction of sp³-hybridized carbons (Fsp3) is 0.100. The minimum absolute atomic E-state index is 0.163. The Morgan fingerprint density at radius 1 is 1.60 bits per heavy atom. The Bertz CT molecular complexity index is 610. The molecule has 2 rings (SSSR count). The van der Waals surface area contributed by atoms with E-state index in [1.807, 2.05) is 0 Å². The summed E-state index contributed by atoms with van der Waals surface area (Å²) < 4.78 is 4.97. The van der Waals surface area contributed by atoms with E-state index in [4.69, 9.17) is 11.3 Å². The van der Waals surface area contributed by atoms with Crippen LogP contribution in [0.3, 0.4) is 0 Å². The number of methoxy groups -OCH3 is 1. The number of pyridine rings is 2. The van der Waals surface area contributed by atoms with Crippen LogP contribution in [0.15, 0.2) is 23.1 Å². The maximum absolute atomic E-state index is 11.4. The molecule has 2 heterocycles. The van der Waals surface area contributed by atoms with Gasteiger partial charge in [0.05, 0.1) is 12.5 Å². The summed E-state index contributed by atoms with van der Waals surface area (Å²) in [5.41, 5.74) is 0.250. The second-order valence-corrected chi connectivity index (χ2v) is 2.87. The maximum atomic E-state index is 11.4. The zero-order valence-electron chi connectivity index (χ0n) is 7.94. The monoisotopic (exact) mass is 201 g/mol. The maximum Gasteiger partial charge on any atom is 0.312 e. The van der Waals surface area contributed by atoms with E-state index in [2.05, 4.69) is 14.8 Å². The molecule has 74 valence electrons. The molecular weight excluding hydrogens is 194 g/mol. The Labute approximate surface area is 85.2 Å². The van der Waals surface area contributed by atoms with Crippen LogP contribution in [0.4, 0.5) is 5.82 Å². The number of nitrogens with zero attached hydrogens (tertiary/aromatic N) is 2. The fourth-order valence-electron chi connectivity index (χ4n) is 1.31. The number of nitrogens with one attached hydrogen (secondary N) is 1. The molecule has 0 amide bonds. The molecule has 0 radical (unpaired) electrons. The van der Waals surface area contributed by atoms with Crippen LogP contribution in [0, 0.1) is 6.57 Å². The normalized spacial score (nSPS) is 9.87. The van der Waals surface area contributed by atoms with Crippen LogP contribution in [0.1, 0.15) is 0 Å². The number of H-pyrrole nitrogens is 1. The SMILES string of the molecule is [C-]#[N+]c1nc2cc[nH]c(=O)c2cc1OC. The minimum atomic E-state index is -0.241. The third-order valence-corrected chi connectivity index (χ3v) is 2.02. The highest BCUT2D eigenvalue weighted by Crippen LogP contribution is 2.27. The standard InChI is InChI=1S/C10H7N3O2/c1-11-9-8(15-2)5-6-7(13-9)3-4-12-10(6)14/h3-5H,2H3,(H,12,14). The molecule has 0 unspecified atom stereocenters. The molecule has 0 aliphatic heterocycles. The summed E-state index contributed by atoms with van der Waals surface area (Å²) >= 11 is 0. The first-order valence-electron chi connectivity index (χ1n) is 4.20. The average molecular weight is 201 g/mol. The van der Waals surface area contributed by atoms with E-state index >= 15 is 0 Å². The van der Waals surface area contributed by atoms with Crippen LogP contribution in [0.2, 0.25) is 0 Å². The first-order chi connectivity index (χ1) is 7.26. The van der Waals surface area contributed by atoms with Gasteiger partial charge in [-0.25, -0.2) is 0 Å². The quantitative estimate of drug-likeness (QED) is 0.711. The molecule has 0 spiro atoms. The summed E-state index contributed by atoms with van der Waals surface area (Å²) in [4.78, 5) is 21.2. The van der Waals surface area contributed by atoms with Crippen molar-refractivity contribution in [1.29, 1.82) is 0 Å². The molecule has 0 bridgehead atoms. The number of hydrogen-bond acceptors (Lipinski definition) is 3. The van der Waals surface area contributed by atoms with Gasteiger partial charge in [-0.2, -0.15) is 0 Å². The summed E-state index contributed by atoms with van der Waals surface area (Å²) in [6, 6.07) is 3.17. The Hall–Kier alpha value is -2.35. The Kier molecular flexibility index (Phi) is 2.10. The van der Waals surface area contributed by atoms with Crippen LogP contribution in [-0.4, -0.2) is 17.1 Å². The van der Waals surface area contributed by atoms with Gasteiger partial charge in [0.25, 0.3) is 5.56 Å². The lowest BCUT2D eigenvalue weighted by Crippen LogP contribution is -2.05. The Morgan fingerprint density at radius 3 is 3.07 bits per heavy atom. The molecule has 0 aliphatic carbocycles. The topological polar surface area (TPSA) is 59.3 Å². The summed E-state index contributed by atoms with van der Waals surface area (Å²) in [7, 11) is 1.44. The van der Waals surface area contributed by atoms with Gasteiger partial charge >= 0.3 is 5.82 Å². The van der Waals surface area contributed by atoms with Gasteiger partial charge in [0.2, 0.25) is 0 Å². The highest BCUT2D eigenvalue weighted by molar-refractivity contribution is 5.82. The van der Waals surface area contributed by atoms with E-state index in [9.17, 15) is 4.79 Å². The average Bonchev–Trinajstić information content (AvgIpc) is 2.28. The van der Waals surface area contributed by atoms with Crippen LogP contribution >= 0.6 is 0 Å². The van der Waals surface area contributed by atoms with E-state index in [0.29, 0.717) is 16.7 Å². The van der Waals surface area contributed by atoms with Gasteiger partial charge in [-0.3, -0.25) is 4.79 Å². The lowest BCUT2D eigenvalue weighted by Gasteiger charge is -2.01. The molecule has 0 saturated heterocycles. The molecule has 0 aromatic carbocycles. The fourth-order valence-corrected chi connectivity index (χ4v) is 1.31. The third kappa shape index (κ3) is 1.42. The van der Waals surface area contributed by atoms with Crippen molar-refractivity contribution in [3.8, 4) is 5.75 Å². The largest absolute Gasteiger partial charge is 0.506 e. The van der Waals surface area contributed by atoms with Gasteiger partial charge in [-0.15, -0.1) is 4.98 Å². The molecule has 5 nitrogen and oxygen atoms in total. The molecule has 2 aromatic heterocycles. The van der Waals surface area contributed by atoms with Crippen molar-refractivity contribution in [2.24, 2.45) is 0 Å². The molecule has 2 aromatic rings. The second-order valence-electron chi connectivity index (χ2n) is 2.87. The van der Waals surface area contributed by atoms with Crippen LogP contribution in [-0.2, 0) is 0 Å². The predicted molar refractivity (Wildman–Crippen MR) is 55.2 cm³/mol. The van der Waals surface area contributed by atoms with Gasteiger partial charge < -0.3 is 14.6 Å². The van der Waals surface area contributed by atoms with Crippen molar-refractivity contribution < 1.29 is 4.74 Å². The predicted octanol–water partition coefficient (Wildman–Crippen LogP) is 1.48. The lowest BCUT2D eigenvalue weighted by molar-refractivity contribution is 0.416. The second kappa shape index (κ2) is 3.42. The Balaban J connectivity index is 2.89. The van der Waals surface area contributed by atoms with Crippen molar-refractivity contribution in [2.75, 3.05) is 7.11 Å². The van der Waals surface area contributed by atoms with Gasteiger partial charge in [0.1, 0.15) is 5.75 Å². The molecule has 0 saturated carbocycles. The van der Waals surface area contributed by atoms with Crippen molar-refractivity contribution in [1.82, 2.24) is 9.97 Å². The first-order valence-corrected chi connectivity index (χ1v) is 4.20. The summed E-state index contributed by atoms with van der Waals surface area (Å²) in [5.74, 6) is 0.477. The van der Waals surface area contributed by atoms with E-state index in [0.717, 1.165) is 0 Å². The number of fused-ring (bicyclic) bond motifs is 1. The third-order valence-electron chi connectivity index (χ3n) is 2.02. The van der Waals surface area contributed by atoms with E-state index in [1.165, 1.54) is 19.4 Å². The smallest absolute Gasteiger partial charge is 0.312 e. The number of hydrogen-bond donors (Lipinski definition) is 1. The van der Waals surface area contributed by atoms with Crippen LogP contribution in [0.25, 0.3) is 15.7 Å². The van der Waals surface area contributed by atoms with Crippen molar-refractivity contribution in [3.05, 3.63) is 40.1 Å². The highest BCUT2D eigenvalue weighted by Gasteiger charge is 2.10. The number of rotatable bonds is 1. The molecule has 15 heavy (non-hydrogen) atoms. The first kappa shape index (κ1) is 9.21. The molecule has 0 aliphatic rings.